The minimum atomic E-state index is -1.15. The standard InChI is InChI=1S/C17H23NO5/c1-12(2)8-14(15(20)17(10-19)11-23-17)18-16(21)22-9-13-6-4-3-5-7-13/h3-7,12,14,19H,8-11H2,1-2H3,(H,18,21). The zero-order valence-corrected chi connectivity index (χ0v) is 13.5. The average Bonchev–Trinajstić information content (AvgIpc) is 3.33. The van der Waals surface area contributed by atoms with E-state index < -0.39 is 17.7 Å². The van der Waals surface area contributed by atoms with Crippen LogP contribution in [0.4, 0.5) is 4.79 Å². The summed E-state index contributed by atoms with van der Waals surface area (Å²) in [6, 6.07) is 8.57. The highest BCUT2D eigenvalue weighted by atomic mass is 16.6. The Kier molecular flexibility index (Phi) is 5.74. The maximum Gasteiger partial charge on any atom is 0.408 e. The smallest absolute Gasteiger partial charge is 0.408 e. The van der Waals surface area contributed by atoms with Crippen LogP contribution >= 0.6 is 0 Å². The highest BCUT2D eigenvalue weighted by molar-refractivity contribution is 5.96. The lowest BCUT2D eigenvalue weighted by molar-refractivity contribution is -0.127. The van der Waals surface area contributed by atoms with Crippen molar-refractivity contribution in [3.05, 3.63) is 35.9 Å². The quantitative estimate of drug-likeness (QED) is 0.711. The summed E-state index contributed by atoms with van der Waals surface area (Å²) in [6.07, 6.45) is -0.189. The molecule has 6 heteroatoms. The molecule has 23 heavy (non-hydrogen) atoms. The Morgan fingerprint density at radius 2 is 2.00 bits per heavy atom. The molecule has 2 atom stereocenters. The molecule has 2 N–H and O–H groups in total. The van der Waals surface area contributed by atoms with Crippen molar-refractivity contribution < 1.29 is 24.2 Å². The number of benzene rings is 1. The normalized spacial score (nSPS) is 20.9. The molecular formula is C17H23NO5. The summed E-state index contributed by atoms with van der Waals surface area (Å²) in [5.41, 5.74) is -0.279. The summed E-state index contributed by atoms with van der Waals surface area (Å²) in [4.78, 5) is 24.4. The summed E-state index contributed by atoms with van der Waals surface area (Å²) in [7, 11) is 0. The van der Waals surface area contributed by atoms with Gasteiger partial charge in [-0.15, -0.1) is 0 Å². The van der Waals surface area contributed by atoms with E-state index in [1.165, 1.54) is 0 Å². The molecule has 1 amide bonds. The number of amides is 1. The van der Waals surface area contributed by atoms with E-state index in [9.17, 15) is 14.7 Å². The number of nitrogens with one attached hydrogen (secondary N) is 1. The molecule has 126 valence electrons. The number of hydrogen-bond donors (Lipinski definition) is 2. The Balaban J connectivity index is 1.91. The third kappa shape index (κ3) is 4.77. The Hall–Kier alpha value is -1.92. The zero-order chi connectivity index (χ0) is 16.9. The van der Waals surface area contributed by atoms with Gasteiger partial charge in [-0.3, -0.25) is 4.79 Å². The van der Waals surface area contributed by atoms with Crippen LogP contribution in [0.5, 0.6) is 0 Å². The van der Waals surface area contributed by atoms with Gasteiger partial charge in [-0.05, 0) is 17.9 Å². The van der Waals surface area contributed by atoms with Gasteiger partial charge in [0.2, 0.25) is 0 Å². The van der Waals surface area contributed by atoms with Crippen molar-refractivity contribution >= 4 is 11.9 Å². The van der Waals surface area contributed by atoms with Gasteiger partial charge >= 0.3 is 6.09 Å². The molecule has 1 saturated heterocycles. The number of alkyl carbamates (subject to hydrolysis) is 1. The van der Waals surface area contributed by atoms with Crippen LogP contribution in [0.1, 0.15) is 25.8 Å². The van der Waals surface area contributed by atoms with E-state index in [1.54, 1.807) is 0 Å². The number of carbonyl (C=O) groups excluding carboxylic acids is 2. The van der Waals surface area contributed by atoms with Gasteiger partial charge in [-0.2, -0.15) is 0 Å². The van der Waals surface area contributed by atoms with Crippen molar-refractivity contribution in [3.8, 4) is 0 Å². The van der Waals surface area contributed by atoms with E-state index >= 15 is 0 Å². The minimum Gasteiger partial charge on any atom is -0.445 e. The molecule has 1 aromatic carbocycles. The van der Waals surface area contributed by atoms with Gasteiger partial charge in [0.1, 0.15) is 6.61 Å². The van der Waals surface area contributed by atoms with Gasteiger partial charge in [0, 0.05) is 0 Å². The van der Waals surface area contributed by atoms with E-state index in [4.69, 9.17) is 9.47 Å². The SMILES string of the molecule is CC(C)CC(NC(=O)OCc1ccccc1)C(=O)C1(CO)CO1. The van der Waals surface area contributed by atoms with Crippen molar-refractivity contribution in [1.82, 2.24) is 5.32 Å². The summed E-state index contributed by atoms with van der Waals surface area (Å²) in [6.45, 7) is 3.86. The molecule has 1 heterocycles. The third-order valence-electron chi connectivity index (χ3n) is 3.73. The summed E-state index contributed by atoms with van der Waals surface area (Å²) in [5, 5.41) is 11.9. The molecule has 0 aliphatic carbocycles. The lowest BCUT2D eigenvalue weighted by Crippen LogP contribution is -2.48. The first-order chi connectivity index (χ1) is 11.0. The Morgan fingerprint density at radius 1 is 1.35 bits per heavy atom. The maximum atomic E-state index is 12.4. The fourth-order valence-electron chi connectivity index (χ4n) is 2.33. The van der Waals surface area contributed by atoms with E-state index in [2.05, 4.69) is 5.32 Å². The number of carbonyl (C=O) groups is 2. The number of aliphatic hydroxyl groups is 1. The van der Waals surface area contributed by atoms with Crippen LogP contribution in [-0.2, 0) is 20.9 Å². The maximum absolute atomic E-state index is 12.4. The van der Waals surface area contributed by atoms with Gasteiger partial charge in [0.15, 0.2) is 11.4 Å². The van der Waals surface area contributed by atoms with Crippen molar-refractivity contribution in [2.24, 2.45) is 5.92 Å². The van der Waals surface area contributed by atoms with Gasteiger partial charge in [-0.1, -0.05) is 44.2 Å². The second-order valence-corrected chi connectivity index (χ2v) is 6.19. The summed E-state index contributed by atoms with van der Waals surface area (Å²) >= 11 is 0. The molecule has 1 aromatic rings. The number of epoxide rings is 1. The predicted molar refractivity (Wildman–Crippen MR) is 83.8 cm³/mol. The number of rotatable bonds is 8. The van der Waals surface area contributed by atoms with Crippen molar-refractivity contribution in [3.63, 3.8) is 0 Å². The Bertz CT molecular complexity index is 539. The molecule has 2 unspecified atom stereocenters. The second-order valence-electron chi connectivity index (χ2n) is 6.19. The van der Waals surface area contributed by atoms with Crippen LogP contribution in [0, 0.1) is 5.92 Å². The monoisotopic (exact) mass is 321 g/mol. The highest BCUT2D eigenvalue weighted by Gasteiger charge is 2.54. The van der Waals surface area contributed by atoms with Gasteiger partial charge in [0.05, 0.1) is 19.3 Å². The number of aliphatic hydroxyl groups excluding tert-OH is 1. The number of Topliss-reactive ketones (excluding diaryl/α,β-unsaturated/α-hetero) is 1. The second kappa shape index (κ2) is 7.57. The van der Waals surface area contributed by atoms with Crippen LogP contribution in [-0.4, -0.2) is 41.8 Å². The molecule has 0 spiro atoms. The Labute approximate surface area is 135 Å². The lowest BCUT2D eigenvalue weighted by Gasteiger charge is -2.21. The molecule has 0 aromatic heterocycles. The summed E-state index contributed by atoms with van der Waals surface area (Å²) < 4.78 is 10.2. The fourth-order valence-corrected chi connectivity index (χ4v) is 2.33. The number of ketones is 1. The van der Waals surface area contributed by atoms with Crippen LogP contribution in [0.15, 0.2) is 30.3 Å². The molecular weight excluding hydrogens is 298 g/mol. The first-order valence-corrected chi connectivity index (χ1v) is 7.73. The molecule has 6 nitrogen and oxygen atoms in total. The molecule has 1 aliphatic heterocycles. The minimum absolute atomic E-state index is 0.136. The molecule has 1 fully saturated rings. The van der Waals surface area contributed by atoms with E-state index in [0.29, 0.717) is 6.42 Å². The molecule has 0 bridgehead atoms. The first kappa shape index (κ1) is 17.4. The van der Waals surface area contributed by atoms with Crippen LogP contribution in [0.2, 0.25) is 0 Å². The predicted octanol–water partition coefficient (Wildman–Crippen LogP) is 1.66. The van der Waals surface area contributed by atoms with Crippen LogP contribution in [0.3, 0.4) is 0 Å². The molecule has 0 radical (unpaired) electrons. The number of hydrogen-bond acceptors (Lipinski definition) is 5. The van der Waals surface area contributed by atoms with Crippen molar-refractivity contribution in [2.45, 2.75) is 38.5 Å². The number of ether oxygens (including phenoxy) is 2. The van der Waals surface area contributed by atoms with E-state index in [1.807, 2.05) is 44.2 Å². The Morgan fingerprint density at radius 3 is 2.52 bits per heavy atom. The van der Waals surface area contributed by atoms with Gasteiger partial charge < -0.3 is 19.9 Å². The van der Waals surface area contributed by atoms with Gasteiger partial charge in [-0.25, -0.2) is 4.79 Å². The zero-order valence-electron chi connectivity index (χ0n) is 13.5. The van der Waals surface area contributed by atoms with E-state index in [-0.39, 0.29) is 31.5 Å². The molecule has 1 aliphatic rings. The van der Waals surface area contributed by atoms with Crippen molar-refractivity contribution in [1.29, 1.82) is 0 Å². The first-order valence-electron chi connectivity index (χ1n) is 7.73. The van der Waals surface area contributed by atoms with Gasteiger partial charge in [0.25, 0.3) is 0 Å². The lowest BCUT2D eigenvalue weighted by atomic mass is 9.93. The van der Waals surface area contributed by atoms with Crippen LogP contribution in [0.25, 0.3) is 0 Å². The summed E-state index contributed by atoms with van der Waals surface area (Å²) in [5.74, 6) is -0.0989. The van der Waals surface area contributed by atoms with Crippen molar-refractivity contribution in [2.75, 3.05) is 13.2 Å². The molecule has 0 saturated carbocycles. The highest BCUT2D eigenvalue weighted by Crippen LogP contribution is 2.30. The largest absolute Gasteiger partial charge is 0.445 e. The third-order valence-corrected chi connectivity index (χ3v) is 3.73. The fraction of sp³-hybridized carbons (Fsp3) is 0.529. The van der Waals surface area contributed by atoms with E-state index in [0.717, 1.165) is 5.56 Å². The van der Waals surface area contributed by atoms with Crippen LogP contribution < -0.4 is 5.32 Å². The topological polar surface area (TPSA) is 88.2 Å². The molecule has 2 rings (SSSR count). The average molecular weight is 321 g/mol.